The summed E-state index contributed by atoms with van der Waals surface area (Å²) in [5.74, 6) is 2.78. The Morgan fingerprint density at radius 1 is 1.19 bits per heavy atom. The van der Waals surface area contributed by atoms with Crippen molar-refractivity contribution < 1.29 is 0 Å². The van der Waals surface area contributed by atoms with Gasteiger partial charge >= 0.3 is 0 Å². The second kappa shape index (κ2) is 8.82. The summed E-state index contributed by atoms with van der Waals surface area (Å²) in [5, 5.41) is 6.62. The van der Waals surface area contributed by atoms with Gasteiger partial charge in [0, 0.05) is 38.2 Å². The van der Waals surface area contributed by atoms with Crippen LogP contribution >= 0.6 is 0 Å². The maximum absolute atomic E-state index is 4.65. The van der Waals surface area contributed by atoms with Crippen LogP contribution < -0.4 is 10.6 Å². The van der Waals surface area contributed by atoms with E-state index in [0.717, 1.165) is 49.0 Å². The first kappa shape index (κ1) is 17.7. The Hall–Kier alpha value is -1.36. The number of nitrogens with zero attached hydrogens (tertiary/aromatic N) is 3. The summed E-state index contributed by atoms with van der Waals surface area (Å²) in [4.78, 5) is 11.6. The number of rotatable bonds is 9. The largest absolute Gasteiger partial charge is 0.373 e. The fourth-order valence-corrected chi connectivity index (χ4v) is 2.20. The van der Waals surface area contributed by atoms with Crippen molar-refractivity contribution in [2.45, 2.75) is 53.0 Å². The summed E-state index contributed by atoms with van der Waals surface area (Å²) in [7, 11) is 4.08. The highest BCUT2D eigenvalue weighted by atomic mass is 15.2. The second-order valence-corrected chi connectivity index (χ2v) is 5.63. The van der Waals surface area contributed by atoms with Crippen LogP contribution in [0.25, 0.3) is 0 Å². The average molecular weight is 293 g/mol. The second-order valence-electron chi connectivity index (χ2n) is 5.63. The zero-order valence-electron chi connectivity index (χ0n) is 14.5. The molecule has 0 amide bonds. The van der Waals surface area contributed by atoms with Crippen molar-refractivity contribution in [1.82, 2.24) is 14.9 Å². The molecule has 5 nitrogen and oxygen atoms in total. The Balaban J connectivity index is 2.71. The van der Waals surface area contributed by atoms with Crippen LogP contribution in [0.3, 0.4) is 0 Å². The van der Waals surface area contributed by atoms with E-state index in [1.807, 2.05) is 7.05 Å². The van der Waals surface area contributed by atoms with Crippen molar-refractivity contribution in [2.24, 2.45) is 0 Å². The number of aryl methyl sites for hydroxylation is 1. The van der Waals surface area contributed by atoms with E-state index < -0.39 is 0 Å². The van der Waals surface area contributed by atoms with Crippen LogP contribution in [0.5, 0.6) is 0 Å². The van der Waals surface area contributed by atoms with E-state index >= 15 is 0 Å². The minimum atomic E-state index is 0.613. The molecule has 1 atom stereocenters. The van der Waals surface area contributed by atoms with Gasteiger partial charge in [0.2, 0.25) is 0 Å². The van der Waals surface area contributed by atoms with Crippen molar-refractivity contribution in [1.29, 1.82) is 0 Å². The van der Waals surface area contributed by atoms with Crippen LogP contribution in [0, 0.1) is 6.92 Å². The summed E-state index contributed by atoms with van der Waals surface area (Å²) in [5.41, 5.74) is 1.09. The van der Waals surface area contributed by atoms with Gasteiger partial charge in [0.05, 0.1) is 0 Å². The van der Waals surface area contributed by atoms with Gasteiger partial charge in [0.25, 0.3) is 0 Å². The van der Waals surface area contributed by atoms with Crippen LogP contribution in [0.15, 0.2) is 0 Å². The summed E-state index contributed by atoms with van der Waals surface area (Å²) >= 11 is 0. The molecule has 1 aromatic heterocycles. The molecule has 0 saturated heterocycles. The Morgan fingerprint density at radius 2 is 1.86 bits per heavy atom. The van der Waals surface area contributed by atoms with E-state index in [4.69, 9.17) is 0 Å². The molecule has 1 heterocycles. The van der Waals surface area contributed by atoms with E-state index in [9.17, 15) is 0 Å². The first-order valence-corrected chi connectivity index (χ1v) is 8.02. The van der Waals surface area contributed by atoms with Crippen molar-refractivity contribution in [3.8, 4) is 0 Å². The minimum Gasteiger partial charge on any atom is -0.373 e. The molecule has 0 aliphatic heterocycles. The Bertz CT molecular complexity index is 433. The van der Waals surface area contributed by atoms with Crippen molar-refractivity contribution >= 4 is 11.6 Å². The molecule has 1 aromatic rings. The lowest BCUT2D eigenvalue weighted by atomic mass is 10.2. The quantitative estimate of drug-likeness (QED) is 0.733. The molecule has 0 radical (unpaired) electrons. The number of anilines is 2. The number of nitrogens with one attached hydrogen (secondary N) is 2. The summed E-state index contributed by atoms with van der Waals surface area (Å²) in [6.07, 6.45) is 3.15. The molecule has 21 heavy (non-hydrogen) atoms. The molecule has 0 aromatic carbocycles. The zero-order valence-corrected chi connectivity index (χ0v) is 14.5. The lowest BCUT2D eigenvalue weighted by Crippen LogP contribution is -2.33. The molecule has 0 bridgehead atoms. The molecule has 0 saturated carbocycles. The van der Waals surface area contributed by atoms with Gasteiger partial charge in [0.15, 0.2) is 0 Å². The monoisotopic (exact) mass is 293 g/mol. The van der Waals surface area contributed by atoms with Crippen LogP contribution in [0.4, 0.5) is 11.6 Å². The highest BCUT2D eigenvalue weighted by Crippen LogP contribution is 2.20. The van der Waals surface area contributed by atoms with Crippen LogP contribution in [-0.4, -0.2) is 48.1 Å². The maximum atomic E-state index is 4.65. The van der Waals surface area contributed by atoms with Gasteiger partial charge in [-0.3, -0.25) is 0 Å². The average Bonchev–Trinajstić information content (AvgIpc) is 2.49. The Morgan fingerprint density at radius 3 is 2.43 bits per heavy atom. The topological polar surface area (TPSA) is 53.1 Å². The molecular weight excluding hydrogens is 262 g/mol. The van der Waals surface area contributed by atoms with E-state index in [0.29, 0.717) is 6.04 Å². The standard InChI is InChI=1S/C16H31N5/c1-7-9-14-19-15(17-5)13(4)16(20-14)18-10-11-21(6)12(3)8-2/h12H,7-11H2,1-6H3,(H2,17,18,19,20). The smallest absolute Gasteiger partial charge is 0.134 e. The van der Waals surface area contributed by atoms with E-state index in [1.54, 1.807) is 0 Å². The SMILES string of the molecule is CCCc1nc(NC)c(C)c(NCCN(C)C(C)CC)n1. The van der Waals surface area contributed by atoms with Gasteiger partial charge in [-0.25, -0.2) is 9.97 Å². The van der Waals surface area contributed by atoms with Gasteiger partial charge in [0.1, 0.15) is 17.5 Å². The fraction of sp³-hybridized carbons (Fsp3) is 0.750. The first-order chi connectivity index (χ1) is 10.0. The molecule has 120 valence electrons. The molecule has 0 aliphatic carbocycles. The lowest BCUT2D eigenvalue weighted by Gasteiger charge is -2.24. The van der Waals surface area contributed by atoms with Crippen molar-refractivity contribution in [2.75, 3.05) is 37.8 Å². The molecule has 0 spiro atoms. The zero-order chi connectivity index (χ0) is 15.8. The molecule has 2 N–H and O–H groups in total. The molecule has 1 rings (SSSR count). The third-order valence-electron chi connectivity index (χ3n) is 4.00. The molecule has 1 unspecified atom stereocenters. The van der Waals surface area contributed by atoms with E-state index in [-0.39, 0.29) is 0 Å². The Kier molecular flexibility index (Phi) is 7.43. The number of aromatic nitrogens is 2. The third kappa shape index (κ3) is 5.16. The predicted octanol–water partition coefficient (Wildman–Crippen LogP) is 2.92. The van der Waals surface area contributed by atoms with E-state index in [1.165, 1.54) is 6.42 Å². The van der Waals surface area contributed by atoms with Gasteiger partial charge in [-0.1, -0.05) is 13.8 Å². The lowest BCUT2D eigenvalue weighted by molar-refractivity contribution is 0.261. The molecule has 5 heteroatoms. The highest BCUT2D eigenvalue weighted by Gasteiger charge is 2.10. The van der Waals surface area contributed by atoms with Gasteiger partial charge in [-0.15, -0.1) is 0 Å². The predicted molar refractivity (Wildman–Crippen MR) is 91.2 cm³/mol. The van der Waals surface area contributed by atoms with Gasteiger partial charge < -0.3 is 15.5 Å². The summed E-state index contributed by atoms with van der Waals surface area (Å²) in [6.45, 7) is 10.6. The summed E-state index contributed by atoms with van der Waals surface area (Å²) in [6, 6.07) is 0.613. The molecule has 0 aliphatic rings. The van der Waals surface area contributed by atoms with Gasteiger partial charge in [-0.2, -0.15) is 0 Å². The van der Waals surface area contributed by atoms with Crippen LogP contribution in [-0.2, 0) is 6.42 Å². The number of hydrogen-bond donors (Lipinski definition) is 2. The van der Waals surface area contributed by atoms with Gasteiger partial charge in [-0.05, 0) is 33.7 Å². The Labute approximate surface area is 129 Å². The van der Waals surface area contributed by atoms with Crippen molar-refractivity contribution in [3.05, 3.63) is 11.4 Å². The third-order valence-corrected chi connectivity index (χ3v) is 4.00. The molecule has 0 fully saturated rings. The van der Waals surface area contributed by atoms with E-state index in [2.05, 4.69) is 60.2 Å². The minimum absolute atomic E-state index is 0.613. The maximum Gasteiger partial charge on any atom is 0.134 e. The van der Waals surface area contributed by atoms with Crippen LogP contribution in [0.1, 0.15) is 45.0 Å². The van der Waals surface area contributed by atoms with Crippen LogP contribution in [0.2, 0.25) is 0 Å². The highest BCUT2D eigenvalue weighted by molar-refractivity contribution is 5.57. The molecular formula is C16H31N5. The number of hydrogen-bond acceptors (Lipinski definition) is 5. The fourth-order valence-electron chi connectivity index (χ4n) is 2.20. The summed E-state index contributed by atoms with van der Waals surface area (Å²) < 4.78 is 0. The normalized spacial score (nSPS) is 12.5. The first-order valence-electron chi connectivity index (χ1n) is 8.02. The number of likely N-dealkylation sites (N-methyl/N-ethyl adjacent to an activating group) is 1. The van der Waals surface area contributed by atoms with Crippen molar-refractivity contribution in [3.63, 3.8) is 0 Å².